The summed E-state index contributed by atoms with van der Waals surface area (Å²) < 4.78 is 2.30. The summed E-state index contributed by atoms with van der Waals surface area (Å²) in [5.74, 6) is -0.329. The van der Waals surface area contributed by atoms with Crippen molar-refractivity contribution in [3.05, 3.63) is 74.0 Å². The van der Waals surface area contributed by atoms with Crippen LogP contribution >= 0.6 is 11.3 Å². The van der Waals surface area contributed by atoms with Crippen molar-refractivity contribution in [2.45, 2.75) is 6.92 Å². The molecule has 0 bridgehead atoms. The molecule has 1 aromatic carbocycles. The molecule has 3 aromatic heterocycles. The van der Waals surface area contributed by atoms with Gasteiger partial charge in [-0.15, -0.1) is 11.3 Å². The number of rotatable bonds is 3. The van der Waals surface area contributed by atoms with Crippen LogP contribution in [0.1, 0.15) is 15.4 Å². The van der Waals surface area contributed by atoms with Crippen molar-refractivity contribution < 1.29 is 4.79 Å². The van der Waals surface area contributed by atoms with Crippen LogP contribution in [0.5, 0.6) is 0 Å². The highest BCUT2D eigenvalue weighted by Gasteiger charge is 2.17. The number of fused-ring (bicyclic) bond motifs is 1. The number of amides is 1. The maximum Gasteiger partial charge on any atom is 0.332 e. The van der Waals surface area contributed by atoms with Crippen LogP contribution in [-0.2, 0) is 14.1 Å². The lowest BCUT2D eigenvalue weighted by Gasteiger charge is -2.08. The molecule has 146 valence electrons. The van der Waals surface area contributed by atoms with Crippen molar-refractivity contribution in [1.82, 2.24) is 19.1 Å². The number of carbonyl (C=O) groups excluding carboxylic acids is 1. The fraction of sp³-hybridized carbons (Fsp3) is 0.150. The monoisotopic (exact) mass is 407 g/mol. The summed E-state index contributed by atoms with van der Waals surface area (Å²) in [5, 5.41) is 3.78. The average Bonchev–Trinajstić information content (AvgIpc) is 3.13. The third-order valence-corrected chi connectivity index (χ3v) is 5.78. The number of nitrogens with one attached hydrogen (secondary N) is 1. The van der Waals surface area contributed by atoms with Crippen molar-refractivity contribution in [2.24, 2.45) is 14.1 Å². The molecule has 4 rings (SSSR count). The Labute approximate surface area is 169 Å². The van der Waals surface area contributed by atoms with E-state index in [9.17, 15) is 14.4 Å². The summed E-state index contributed by atoms with van der Waals surface area (Å²) in [7, 11) is 2.95. The molecule has 8 nitrogen and oxygen atoms in total. The minimum atomic E-state index is -0.466. The first-order valence-electron chi connectivity index (χ1n) is 8.77. The maximum atomic E-state index is 12.8. The Morgan fingerprint density at radius 3 is 2.55 bits per heavy atom. The number of hydrogen-bond donors (Lipinski definition) is 1. The Morgan fingerprint density at radius 2 is 1.83 bits per heavy atom. The molecular formula is C20H17N5O3S. The molecule has 1 amide bonds. The SMILES string of the molecule is Cc1nc(-c2ccccc2)sc1C(=O)Nc1cnc2c(c1)c(=O)n(C)c(=O)n2C. The fourth-order valence-electron chi connectivity index (χ4n) is 3.03. The Morgan fingerprint density at radius 1 is 1.10 bits per heavy atom. The van der Waals surface area contributed by atoms with E-state index in [4.69, 9.17) is 0 Å². The molecule has 0 atom stereocenters. The van der Waals surface area contributed by atoms with Crippen LogP contribution in [0.4, 0.5) is 5.69 Å². The largest absolute Gasteiger partial charge is 0.332 e. The van der Waals surface area contributed by atoms with Gasteiger partial charge in [-0.1, -0.05) is 30.3 Å². The number of hydrogen-bond acceptors (Lipinski definition) is 6. The molecule has 0 aliphatic heterocycles. The van der Waals surface area contributed by atoms with Crippen LogP contribution < -0.4 is 16.6 Å². The fourth-order valence-corrected chi connectivity index (χ4v) is 4.00. The minimum absolute atomic E-state index is 0.249. The van der Waals surface area contributed by atoms with Crippen LogP contribution in [0, 0.1) is 6.92 Å². The van der Waals surface area contributed by atoms with Gasteiger partial charge in [0.1, 0.15) is 15.5 Å². The number of carbonyl (C=O) groups is 1. The number of benzene rings is 1. The highest BCUT2D eigenvalue weighted by atomic mass is 32.1. The van der Waals surface area contributed by atoms with Gasteiger partial charge >= 0.3 is 5.69 Å². The molecule has 0 saturated heterocycles. The molecule has 3 heterocycles. The quantitative estimate of drug-likeness (QED) is 0.562. The lowest BCUT2D eigenvalue weighted by molar-refractivity contribution is 0.103. The van der Waals surface area contributed by atoms with E-state index in [0.717, 1.165) is 15.1 Å². The molecule has 0 aliphatic rings. The second kappa shape index (κ2) is 7.10. The number of aryl methyl sites for hydroxylation is 2. The van der Waals surface area contributed by atoms with Crippen molar-refractivity contribution in [1.29, 1.82) is 0 Å². The van der Waals surface area contributed by atoms with Gasteiger partial charge in [-0.05, 0) is 13.0 Å². The van der Waals surface area contributed by atoms with Gasteiger partial charge in [0.25, 0.3) is 11.5 Å². The lowest BCUT2D eigenvalue weighted by Crippen LogP contribution is -2.37. The molecule has 0 radical (unpaired) electrons. The van der Waals surface area contributed by atoms with Crippen molar-refractivity contribution in [2.75, 3.05) is 5.32 Å². The van der Waals surface area contributed by atoms with E-state index in [1.54, 1.807) is 14.0 Å². The zero-order chi connectivity index (χ0) is 20.7. The van der Waals surface area contributed by atoms with Crippen LogP contribution in [0.3, 0.4) is 0 Å². The summed E-state index contributed by atoms with van der Waals surface area (Å²) in [5.41, 5.74) is 1.27. The highest BCUT2D eigenvalue weighted by Crippen LogP contribution is 2.28. The van der Waals surface area contributed by atoms with E-state index in [1.165, 1.54) is 35.2 Å². The third-order valence-electron chi connectivity index (χ3n) is 4.57. The molecule has 4 aromatic rings. The summed E-state index contributed by atoms with van der Waals surface area (Å²) in [4.78, 5) is 46.4. The third kappa shape index (κ3) is 3.25. The maximum absolute atomic E-state index is 12.8. The zero-order valence-electron chi connectivity index (χ0n) is 16.0. The van der Waals surface area contributed by atoms with E-state index in [1.807, 2.05) is 30.3 Å². The smallest absolute Gasteiger partial charge is 0.320 e. The highest BCUT2D eigenvalue weighted by molar-refractivity contribution is 7.17. The molecule has 0 spiro atoms. The second-order valence-electron chi connectivity index (χ2n) is 6.55. The van der Waals surface area contributed by atoms with Gasteiger partial charge in [0.2, 0.25) is 0 Å². The van der Waals surface area contributed by atoms with E-state index < -0.39 is 11.2 Å². The number of aromatic nitrogens is 4. The molecular weight excluding hydrogens is 390 g/mol. The predicted octanol–water partition coefficient (Wildman–Crippen LogP) is 2.32. The Kier molecular flexibility index (Phi) is 4.59. The first-order chi connectivity index (χ1) is 13.9. The molecule has 0 aliphatic carbocycles. The zero-order valence-corrected chi connectivity index (χ0v) is 16.8. The second-order valence-corrected chi connectivity index (χ2v) is 7.55. The summed E-state index contributed by atoms with van der Waals surface area (Å²) in [6, 6.07) is 11.2. The number of anilines is 1. The van der Waals surface area contributed by atoms with Gasteiger partial charge in [-0.2, -0.15) is 0 Å². The Hall–Kier alpha value is -3.59. The molecule has 29 heavy (non-hydrogen) atoms. The van der Waals surface area contributed by atoms with Crippen LogP contribution in [0.15, 0.2) is 52.2 Å². The van der Waals surface area contributed by atoms with E-state index in [-0.39, 0.29) is 16.9 Å². The summed E-state index contributed by atoms with van der Waals surface area (Å²) in [6.45, 7) is 1.78. The molecule has 1 N–H and O–H groups in total. The molecule has 0 unspecified atom stereocenters. The lowest BCUT2D eigenvalue weighted by atomic mass is 10.2. The van der Waals surface area contributed by atoms with Crippen molar-refractivity contribution in [3.8, 4) is 10.6 Å². The summed E-state index contributed by atoms with van der Waals surface area (Å²) >= 11 is 1.30. The topological polar surface area (TPSA) is 98.9 Å². The van der Waals surface area contributed by atoms with Crippen LogP contribution in [0.2, 0.25) is 0 Å². The van der Waals surface area contributed by atoms with Crippen LogP contribution in [-0.4, -0.2) is 25.0 Å². The number of nitrogens with zero attached hydrogens (tertiary/aromatic N) is 4. The summed E-state index contributed by atoms with van der Waals surface area (Å²) in [6.07, 6.45) is 1.42. The van der Waals surface area contributed by atoms with Gasteiger partial charge in [-0.25, -0.2) is 14.8 Å². The Bertz CT molecular complexity index is 1370. The van der Waals surface area contributed by atoms with Gasteiger partial charge in [-0.3, -0.25) is 18.7 Å². The molecule has 9 heteroatoms. The van der Waals surface area contributed by atoms with E-state index >= 15 is 0 Å². The number of thiazole rings is 1. The van der Waals surface area contributed by atoms with Gasteiger partial charge in [0, 0.05) is 19.7 Å². The van der Waals surface area contributed by atoms with Crippen molar-refractivity contribution in [3.63, 3.8) is 0 Å². The molecule has 0 fully saturated rings. The van der Waals surface area contributed by atoms with Gasteiger partial charge < -0.3 is 5.32 Å². The normalized spacial score (nSPS) is 11.0. The number of pyridine rings is 1. The van der Waals surface area contributed by atoms with Gasteiger partial charge in [0.15, 0.2) is 0 Å². The molecule has 0 saturated carbocycles. The Balaban J connectivity index is 1.69. The van der Waals surface area contributed by atoms with E-state index in [0.29, 0.717) is 16.3 Å². The van der Waals surface area contributed by atoms with E-state index in [2.05, 4.69) is 15.3 Å². The van der Waals surface area contributed by atoms with Crippen molar-refractivity contribution >= 4 is 34.0 Å². The first-order valence-corrected chi connectivity index (χ1v) is 9.58. The first kappa shape index (κ1) is 18.8. The predicted molar refractivity (Wildman–Crippen MR) is 112 cm³/mol. The standard InChI is InChI=1S/C20H17N5O3S/c1-11-15(29-18(22-11)12-7-5-4-6-8-12)17(26)23-13-9-14-16(21-10-13)24(2)20(28)25(3)19(14)27/h4-10H,1-3H3,(H,23,26). The average molecular weight is 407 g/mol. The van der Waals surface area contributed by atoms with Crippen LogP contribution in [0.25, 0.3) is 21.6 Å². The minimum Gasteiger partial charge on any atom is -0.320 e. The van der Waals surface area contributed by atoms with Gasteiger partial charge in [0.05, 0.1) is 23.0 Å².